The lowest BCUT2D eigenvalue weighted by molar-refractivity contribution is -0.153. The van der Waals surface area contributed by atoms with Crippen molar-refractivity contribution in [3.8, 4) is 0 Å². The van der Waals surface area contributed by atoms with E-state index in [9.17, 15) is 9.90 Å². The fourth-order valence-electron chi connectivity index (χ4n) is 3.01. The second-order valence-electron chi connectivity index (χ2n) is 7.85. The van der Waals surface area contributed by atoms with E-state index in [-0.39, 0.29) is 34.9 Å². The normalized spacial score (nSPS) is 34.8. The van der Waals surface area contributed by atoms with Gasteiger partial charge in [-0.3, -0.25) is 4.79 Å². The molecule has 1 saturated carbocycles. The summed E-state index contributed by atoms with van der Waals surface area (Å²) in [6, 6.07) is 0. The van der Waals surface area contributed by atoms with Gasteiger partial charge in [-0.15, -0.1) is 0 Å². The minimum atomic E-state index is -1.79. The Morgan fingerprint density at radius 2 is 2.05 bits per heavy atom. The van der Waals surface area contributed by atoms with Crippen molar-refractivity contribution in [2.24, 2.45) is 17.8 Å². The van der Waals surface area contributed by atoms with Gasteiger partial charge in [-0.05, 0) is 30.5 Å². The SMILES string of the molecule is CC(C)(C)[Si](C)(C)OC[C@@H]1[C@H]2COC(=O)C[C@H]2C[C@H]1O. The molecular weight excluding hydrogens is 272 g/mol. The van der Waals surface area contributed by atoms with Crippen molar-refractivity contribution in [3.05, 3.63) is 0 Å². The highest BCUT2D eigenvalue weighted by molar-refractivity contribution is 6.74. The van der Waals surface area contributed by atoms with Gasteiger partial charge in [-0.2, -0.15) is 0 Å². The molecule has 5 heteroatoms. The highest BCUT2D eigenvalue weighted by atomic mass is 28.4. The number of ether oxygens (including phenoxy) is 1. The Balaban J connectivity index is 1.98. The van der Waals surface area contributed by atoms with Gasteiger partial charge >= 0.3 is 5.97 Å². The van der Waals surface area contributed by atoms with E-state index in [1.807, 2.05) is 0 Å². The van der Waals surface area contributed by atoms with E-state index in [1.54, 1.807) is 0 Å². The van der Waals surface area contributed by atoms with Crippen LogP contribution in [0.15, 0.2) is 0 Å². The van der Waals surface area contributed by atoms with Gasteiger partial charge in [0, 0.05) is 24.9 Å². The summed E-state index contributed by atoms with van der Waals surface area (Å²) in [5.41, 5.74) is 0. The largest absolute Gasteiger partial charge is 0.465 e. The maximum Gasteiger partial charge on any atom is 0.306 e. The minimum Gasteiger partial charge on any atom is -0.465 e. The average molecular weight is 300 g/mol. The number of fused-ring (bicyclic) bond motifs is 1. The second-order valence-corrected chi connectivity index (χ2v) is 12.7. The molecule has 1 saturated heterocycles. The topological polar surface area (TPSA) is 55.8 Å². The summed E-state index contributed by atoms with van der Waals surface area (Å²) in [5, 5.41) is 10.4. The maximum atomic E-state index is 11.3. The van der Waals surface area contributed by atoms with Crippen molar-refractivity contribution >= 4 is 14.3 Å². The van der Waals surface area contributed by atoms with Crippen LogP contribution in [0.2, 0.25) is 18.1 Å². The van der Waals surface area contributed by atoms with Gasteiger partial charge in [0.05, 0.1) is 12.7 Å². The van der Waals surface area contributed by atoms with Crippen molar-refractivity contribution < 1.29 is 19.1 Å². The van der Waals surface area contributed by atoms with E-state index in [2.05, 4.69) is 33.9 Å². The molecule has 1 aliphatic heterocycles. The van der Waals surface area contributed by atoms with Gasteiger partial charge in [-0.25, -0.2) is 0 Å². The highest BCUT2D eigenvalue weighted by Gasteiger charge is 2.47. The van der Waals surface area contributed by atoms with Crippen LogP contribution in [-0.2, 0) is 14.0 Å². The first-order valence-electron chi connectivity index (χ1n) is 7.59. The molecule has 0 bridgehead atoms. The summed E-state index contributed by atoms with van der Waals surface area (Å²) < 4.78 is 11.4. The Kier molecular flexibility index (Phi) is 4.34. The Morgan fingerprint density at radius 3 is 2.65 bits per heavy atom. The average Bonchev–Trinajstić information content (AvgIpc) is 2.59. The van der Waals surface area contributed by atoms with Crippen molar-refractivity contribution in [1.82, 2.24) is 0 Å². The molecule has 0 unspecified atom stereocenters. The number of aliphatic hydroxyl groups excluding tert-OH is 1. The van der Waals surface area contributed by atoms with Crippen LogP contribution >= 0.6 is 0 Å². The smallest absolute Gasteiger partial charge is 0.306 e. The number of hydrogen-bond donors (Lipinski definition) is 1. The van der Waals surface area contributed by atoms with Crippen LogP contribution in [0.5, 0.6) is 0 Å². The molecule has 2 aliphatic rings. The first-order valence-corrected chi connectivity index (χ1v) is 10.5. The van der Waals surface area contributed by atoms with Gasteiger partial charge in [0.1, 0.15) is 0 Å². The van der Waals surface area contributed by atoms with E-state index < -0.39 is 8.32 Å². The summed E-state index contributed by atoms with van der Waals surface area (Å²) in [4.78, 5) is 11.3. The predicted octanol–water partition coefficient (Wildman–Crippen LogP) is 2.57. The number of carbonyl (C=O) groups is 1. The lowest BCUT2D eigenvalue weighted by atomic mass is 9.87. The molecule has 0 amide bonds. The van der Waals surface area contributed by atoms with Crippen LogP contribution in [-0.4, -0.2) is 38.7 Å². The van der Waals surface area contributed by atoms with Crippen LogP contribution in [0.25, 0.3) is 0 Å². The standard InChI is InChI=1S/C15H28O4Si/c1-15(2,3)20(4,5)19-9-12-11-8-18-14(17)7-10(11)6-13(12)16/h10-13,16H,6-9H2,1-5H3/t10-,11+,12-,13-/m1/s1. The highest BCUT2D eigenvalue weighted by Crippen LogP contribution is 2.44. The van der Waals surface area contributed by atoms with E-state index >= 15 is 0 Å². The van der Waals surface area contributed by atoms with Gasteiger partial charge in [0.15, 0.2) is 8.32 Å². The van der Waals surface area contributed by atoms with Crippen LogP contribution in [0.3, 0.4) is 0 Å². The van der Waals surface area contributed by atoms with E-state index in [0.29, 0.717) is 26.1 Å². The molecule has 20 heavy (non-hydrogen) atoms. The molecule has 0 aromatic heterocycles. The predicted molar refractivity (Wildman–Crippen MR) is 79.8 cm³/mol. The lowest BCUT2D eigenvalue weighted by Gasteiger charge is -2.38. The monoisotopic (exact) mass is 300 g/mol. The first kappa shape index (κ1) is 16.0. The molecule has 4 nitrogen and oxygen atoms in total. The molecule has 0 aromatic rings. The second kappa shape index (κ2) is 5.43. The number of carbonyl (C=O) groups excluding carboxylic acids is 1. The summed E-state index contributed by atoms with van der Waals surface area (Å²) in [6.07, 6.45) is 0.813. The molecule has 2 fully saturated rings. The molecule has 4 atom stereocenters. The van der Waals surface area contributed by atoms with Gasteiger partial charge < -0.3 is 14.3 Å². The van der Waals surface area contributed by atoms with Crippen molar-refractivity contribution in [2.75, 3.05) is 13.2 Å². The van der Waals surface area contributed by atoms with Crippen LogP contribution < -0.4 is 0 Å². The third-order valence-electron chi connectivity index (χ3n) is 5.50. The van der Waals surface area contributed by atoms with Crippen molar-refractivity contribution in [3.63, 3.8) is 0 Å². The number of rotatable bonds is 3. The zero-order valence-electron chi connectivity index (χ0n) is 13.3. The first-order chi connectivity index (χ1) is 9.12. The molecule has 1 aliphatic carbocycles. The maximum absolute atomic E-state index is 11.3. The summed E-state index contributed by atoms with van der Waals surface area (Å²) in [7, 11) is -1.79. The Bertz CT molecular complexity index is 375. The van der Waals surface area contributed by atoms with E-state index in [4.69, 9.17) is 9.16 Å². The molecule has 116 valence electrons. The van der Waals surface area contributed by atoms with Crippen LogP contribution in [0, 0.1) is 17.8 Å². The number of esters is 1. The molecule has 1 N–H and O–H groups in total. The summed E-state index contributed by atoms with van der Waals surface area (Å²) >= 11 is 0. The fraction of sp³-hybridized carbons (Fsp3) is 0.933. The minimum absolute atomic E-state index is 0.113. The number of aliphatic hydroxyl groups is 1. The Hall–Kier alpha value is -0.393. The third kappa shape index (κ3) is 3.10. The molecular formula is C15H28O4Si. The molecule has 2 rings (SSSR count). The van der Waals surface area contributed by atoms with Crippen molar-refractivity contribution in [2.45, 2.75) is 57.8 Å². The zero-order valence-corrected chi connectivity index (χ0v) is 14.3. The summed E-state index contributed by atoms with van der Waals surface area (Å²) in [5.74, 6) is 0.540. The van der Waals surface area contributed by atoms with Gasteiger partial charge in [-0.1, -0.05) is 20.8 Å². The van der Waals surface area contributed by atoms with Crippen LogP contribution in [0.1, 0.15) is 33.6 Å². The van der Waals surface area contributed by atoms with Gasteiger partial charge in [0.25, 0.3) is 0 Å². The molecule has 1 heterocycles. The van der Waals surface area contributed by atoms with E-state index in [0.717, 1.165) is 0 Å². The van der Waals surface area contributed by atoms with E-state index in [1.165, 1.54) is 0 Å². The fourth-order valence-corrected chi connectivity index (χ4v) is 4.05. The lowest BCUT2D eigenvalue weighted by Crippen LogP contribution is -2.44. The zero-order chi connectivity index (χ0) is 15.1. The molecule has 0 radical (unpaired) electrons. The Morgan fingerprint density at radius 1 is 1.40 bits per heavy atom. The van der Waals surface area contributed by atoms with Gasteiger partial charge in [0.2, 0.25) is 0 Å². The molecule has 0 aromatic carbocycles. The number of cyclic esters (lactones) is 1. The quantitative estimate of drug-likeness (QED) is 0.643. The summed E-state index contributed by atoms with van der Waals surface area (Å²) in [6.45, 7) is 12.2. The number of hydrogen-bond acceptors (Lipinski definition) is 4. The van der Waals surface area contributed by atoms with Crippen molar-refractivity contribution in [1.29, 1.82) is 0 Å². The van der Waals surface area contributed by atoms with Crippen LogP contribution in [0.4, 0.5) is 0 Å². The third-order valence-corrected chi connectivity index (χ3v) is 10.0. The molecule has 0 spiro atoms. The Labute approximate surface area is 123 Å².